The lowest BCUT2D eigenvalue weighted by Crippen LogP contribution is -2.44. The quantitative estimate of drug-likeness (QED) is 0.0179. The van der Waals surface area contributed by atoms with E-state index in [1.54, 1.807) is 24.8 Å². The Balaban J connectivity index is 0.000000203. The Morgan fingerprint density at radius 2 is 0.579 bits per heavy atom. The van der Waals surface area contributed by atoms with Crippen molar-refractivity contribution in [3.8, 4) is 6.07 Å². The van der Waals surface area contributed by atoms with E-state index >= 15 is 0 Å². The van der Waals surface area contributed by atoms with Gasteiger partial charge in [-0.2, -0.15) is 5.26 Å². The maximum atomic E-state index is 12.8. The molecule has 3 fully saturated rings. The molecule has 0 unspecified atom stereocenters. The number of aryl methyl sites for hydroxylation is 6. The number of amides is 5. The van der Waals surface area contributed by atoms with Crippen LogP contribution in [0.4, 0.5) is 40.5 Å². The summed E-state index contributed by atoms with van der Waals surface area (Å²) in [6, 6.07) is 44.5. The number of hydrogen-bond acceptors (Lipinski definition) is 27. The molecule has 3 aliphatic rings. The smallest absolute Gasteiger partial charge is 0.256 e. The SMILES string of the molecule is CC(C)(C)CNc1nc(C#N)ncc1C(=O)NCCc1cccc(N2CCN([11CH3])CC2)c1.Cc1ccc(CCNC(=O)c2cnc(C)nc2NCC(C)(C)C)cc1.Cc1cccc(CCNC(=O)c2cnc(C)nc2NCC(C)(C)C)c1.Cc1ncc(C(=O)NCCc2ccc(CN3CCN([11CH3])CC3)cc2)c(NCC(C)(C)C)n1.Cc1ncc(C(=O)NCCc2ccc(N3CCN([11CH3])CC3)cc2)c(NCC(C)(C)C)n1. The molecule has 0 atom stereocenters. The number of anilines is 7. The van der Waals surface area contributed by atoms with Gasteiger partial charge in [-0.3, -0.25) is 28.9 Å². The number of carbonyl (C=O) groups is 5. The summed E-state index contributed by atoms with van der Waals surface area (Å²) >= 11 is 0. The van der Waals surface area contributed by atoms with Crippen molar-refractivity contribution in [2.75, 3.05) is 202 Å². The van der Waals surface area contributed by atoms with Gasteiger partial charge in [0.15, 0.2) is 0 Å². The minimum Gasteiger partial charge on any atom is -0.369 e. The van der Waals surface area contributed by atoms with E-state index in [1.807, 2.05) is 39.8 Å². The topological polar surface area (TPSA) is 378 Å². The maximum absolute atomic E-state index is 12.8. The van der Waals surface area contributed by atoms with E-state index in [-0.39, 0.29) is 62.4 Å². The van der Waals surface area contributed by atoms with Crippen LogP contribution >= 0.6 is 0 Å². The summed E-state index contributed by atoms with van der Waals surface area (Å²) in [4.78, 5) is 120. The monoisotopic (exact) mass is 1980 g/mol. The van der Waals surface area contributed by atoms with Gasteiger partial charge in [-0.1, -0.05) is 212 Å². The molecule has 10 N–H and O–H groups in total. The van der Waals surface area contributed by atoms with E-state index in [4.69, 9.17) is 5.26 Å². The van der Waals surface area contributed by atoms with Crippen molar-refractivity contribution in [3.05, 3.63) is 254 Å². The van der Waals surface area contributed by atoms with Gasteiger partial charge in [0.2, 0.25) is 5.82 Å². The zero-order valence-electron chi connectivity index (χ0n) is 90.9. The van der Waals surface area contributed by atoms with Gasteiger partial charge < -0.3 is 77.7 Å². The molecule has 32 heteroatoms. The van der Waals surface area contributed by atoms with Crippen molar-refractivity contribution in [2.45, 2.75) is 184 Å². The summed E-state index contributed by atoms with van der Waals surface area (Å²) in [6.07, 6.45) is 11.7. The zero-order chi connectivity index (χ0) is 106. The Labute approximate surface area is 862 Å². The standard InChI is InChI=1S/C25H38N6O.C24H33N7O.C24H36N6O.2C20H28N4O/c1-19-27-16-22(23(29-19)28-18-25(2,3)4)24(32)26-11-10-20-6-8-21(9-7-20)17-31-14-12-30(5)13-15-31;1-24(2,3)17-28-22-20(16-27-21(15-25)29-22)23(32)26-9-8-18-6-5-7-19(14-18)31-12-10-30(4)11-13-31;1-18-26-16-21(22(28-18)27-17-24(2,3)4)23(31)25-11-10-19-6-8-20(9-7-19)30-14-12-29(5)13-15-30;1-14-6-8-16(9-7-14)10-11-21-19(25)17-12-22-15(2)24-18(17)23-13-20(3,4)5;1-14-7-6-8-16(11-14)9-10-21-19(25)17-12-22-15(2)24-18(17)23-13-20(3,4)5/h6-9,16H,10-15,17-18H2,1-5H3,(H,26,32)(H,27,28,29);5-7,14,16H,8-13,17H2,1-4H3,(H,26,32)(H,27,28,29);6-9,16H,10-15,17H2,1-5H3,(H,25,31)(H,26,27,28);6-9,12H,10-11,13H2,1-5H3,(H,21,25)(H,22,23,24);6-8,11-12H,9-10,13H2,1-5H3,(H,21,25)(H,22,23,24)/i5-1;4-1;5-1;;. The number of rotatable bonds is 34. The first-order chi connectivity index (χ1) is 68.6. The van der Waals surface area contributed by atoms with Gasteiger partial charge in [-0.05, 0) is 180 Å². The minimum absolute atomic E-state index is 0.000289. The lowest BCUT2D eigenvalue weighted by molar-refractivity contribution is 0.0945. The van der Waals surface area contributed by atoms with E-state index in [0.29, 0.717) is 119 Å². The molecule has 0 aliphatic carbocycles. The Morgan fingerprint density at radius 3 is 0.903 bits per heavy atom. The fourth-order valence-electron chi connectivity index (χ4n) is 15.3. The molecule has 5 amide bonds. The van der Waals surface area contributed by atoms with Crippen molar-refractivity contribution in [2.24, 2.45) is 27.1 Å². The molecule has 0 bridgehead atoms. The molecule has 0 spiro atoms. The van der Waals surface area contributed by atoms with Crippen LogP contribution in [0.5, 0.6) is 0 Å². The number of benzene rings is 5. The van der Waals surface area contributed by atoms with Crippen LogP contribution < -0.4 is 63.0 Å². The Bertz CT molecular complexity index is 5810. The molecule has 0 radical (unpaired) electrons. The molecule has 145 heavy (non-hydrogen) atoms. The summed E-state index contributed by atoms with van der Waals surface area (Å²) in [7, 11) is 6.50. The number of likely N-dealkylation sites (N-methyl/N-ethyl adjacent to an activating group) is 3. The molecule has 3 saturated heterocycles. The lowest BCUT2D eigenvalue weighted by atomic mass is 9.97. The largest absolute Gasteiger partial charge is 0.369 e. The highest BCUT2D eigenvalue weighted by atomic mass is 16.2. The predicted octanol–water partition coefficient (Wildman–Crippen LogP) is 15.5. The second kappa shape index (κ2) is 55.7. The lowest BCUT2D eigenvalue weighted by Gasteiger charge is -2.34. The molecular weight excluding hydrogens is 1810 g/mol. The van der Waals surface area contributed by atoms with Gasteiger partial charge in [0.1, 0.15) is 86.3 Å². The highest BCUT2D eigenvalue weighted by Gasteiger charge is 2.26. The molecule has 3 aliphatic heterocycles. The second-order valence-electron chi connectivity index (χ2n) is 44.2. The second-order valence-corrected chi connectivity index (χ2v) is 44.2. The maximum Gasteiger partial charge on any atom is 0.256 e. The number of nitriles is 1. The highest BCUT2D eigenvalue weighted by Crippen LogP contribution is 2.27. The third-order valence-electron chi connectivity index (χ3n) is 24.0. The van der Waals surface area contributed by atoms with E-state index in [1.165, 1.54) is 62.1 Å². The van der Waals surface area contributed by atoms with Crippen molar-refractivity contribution in [1.29, 1.82) is 5.26 Å². The normalized spacial score (nSPS) is 13.8. The Hall–Kier alpha value is -13.2. The molecule has 0 saturated carbocycles. The van der Waals surface area contributed by atoms with Gasteiger partial charge in [0.25, 0.3) is 29.5 Å². The number of nitrogens with one attached hydrogen (secondary N) is 10. The van der Waals surface area contributed by atoms with Gasteiger partial charge in [0.05, 0.1) is 0 Å². The highest BCUT2D eigenvalue weighted by molar-refractivity contribution is 6.01. The predicted molar refractivity (Wildman–Crippen MR) is 588 cm³/mol. The first-order valence-electron chi connectivity index (χ1n) is 51.0. The number of piperazine rings is 3. The molecular formula is C113H163N27O5. The number of aromatic nitrogens is 10. The first kappa shape index (κ1) is 115. The van der Waals surface area contributed by atoms with Crippen molar-refractivity contribution >= 4 is 70.0 Å². The van der Waals surface area contributed by atoms with Crippen LogP contribution in [0.15, 0.2) is 152 Å². The average Bonchev–Trinajstić information content (AvgIpc) is 0.836. The van der Waals surface area contributed by atoms with E-state index in [0.717, 1.165) is 143 Å². The van der Waals surface area contributed by atoms with Crippen molar-refractivity contribution in [1.82, 2.24) is 96.0 Å². The van der Waals surface area contributed by atoms with Crippen LogP contribution in [0, 0.1) is 79.9 Å². The molecule has 5 aromatic carbocycles. The zero-order valence-corrected chi connectivity index (χ0v) is 90.9. The van der Waals surface area contributed by atoms with Crippen LogP contribution in [0.1, 0.15) is 229 Å². The van der Waals surface area contributed by atoms with E-state index in [9.17, 15) is 24.0 Å². The summed E-state index contributed by atoms with van der Waals surface area (Å²) in [5, 5.41) is 40.4. The minimum atomic E-state index is -0.249. The third-order valence-corrected chi connectivity index (χ3v) is 24.0. The number of nitrogens with zero attached hydrogens (tertiary/aromatic N) is 17. The van der Waals surface area contributed by atoms with Crippen LogP contribution in [0.2, 0.25) is 0 Å². The number of hydrogen-bond donors (Lipinski definition) is 10. The summed E-state index contributed by atoms with van der Waals surface area (Å²) in [5.74, 6) is 4.55. The average molecular weight is 1980 g/mol. The fraction of sp³-hybridized carbons (Fsp3) is 0.504. The van der Waals surface area contributed by atoms with Gasteiger partial charge >= 0.3 is 0 Å². The van der Waals surface area contributed by atoms with E-state index < -0.39 is 0 Å². The molecule has 13 rings (SSSR count). The first-order valence-corrected chi connectivity index (χ1v) is 51.0. The summed E-state index contributed by atoms with van der Waals surface area (Å²) in [5.41, 5.74) is 15.0. The van der Waals surface area contributed by atoms with Gasteiger partial charge in [-0.15, -0.1) is 0 Å². The van der Waals surface area contributed by atoms with Crippen LogP contribution in [0.3, 0.4) is 0 Å². The van der Waals surface area contributed by atoms with Gasteiger partial charge in [0, 0.05) is 193 Å². The molecule has 32 nitrogen and oxygen atoms in total. The Kier molecular flexibility index (Phi) is 44.3. The van der Waals surface area contributed by atoms with Gasteiger partial charge in [-0.25, -0.2) is 49.8 Å². The fourth-order valence-corrected chi connectivity index (χ4v) is 15.3. The van der Waals surface area contributed by atoms with Crippen LogP contribution in [-0.4, -0.2) is 264 Å². The van der Waals surface area contributed by atoms with Crippen molar-refractivity contribution < 1.29 is 24.0 Å². The molecule has 5 aromatic heterocycles. The Morgan fingerprint density at radius 1 is 0.303 bits per heavy atom. The van der Waals surface area contributed by atoms with Crippen molar-refractivity contribution in [3.63, 3.8) is 0 Å². The summed E-state index contributed by atoms with van der Waals surface area (Å²) < 4.78 is 0. The van der Waals surface area contributed by atoms with E-state index in [2.05, 4.69) is 387 Å². The summed E-state index contributed by atoms with van der Waals surface area (Å²) in [6.45, 7) is 63.7. The number of carbonyl (C=O) groups excluding carboxylic acids is 5. The van der Waals surface area contributed by atoms with Crippen LogP contribution in [-0.2, 0) is 38.6 Å². The third kappa shape index (κ3) is 42.5. The van der Waals surface area contributed by atoms with Crippen LogP contribution in [0.25, 0.3) is 0 Å². The molecule has 10 aromatic rings. The molecule has 8 heterocycles. The molecule has 780 valence electrons.